The molecule has 2 unspecified atom stereocenters. The zero-order valence-electron chi connectivity index (χ0n) is 22.5. The van der Waals surface area contributed by atoms with Crippen molar-refractivity contribution in [2.45, 2.75) is 57.7 Å². The minimum atomic E-state index is 0.136. The molecule has 0 radical (unpaired) electrons. The zero-order chi connectivity index (χ0) is 25.3. The lowest BCUT2D eigenvalue weighted by Gasteiger charge is -2.28. The quantitative estimate of drug-likeness (QED) is 0.461. The van der Waals surface area contributed by atoms with E-state index in [0.29, 0.717) is 6.04 Å². The summed E-state index contributed by atoms with van der Waals surface area (Å²) in [6, 6.07) is 16.0. The molecule has 2 aromatic rings. The standard InChI is InChI=1S/C31H43N3O2/c1-5-10-26-20-27(21-30(35-3)31(26)36-4)29-19-25(14-16-32-29)23-34-17-9-13-28(15-18-34)33(2)22-24-11-7-6-8-12-24/h6-8,11-12,14,16,19-21,28-29,32H,5,9-10,13,15,17-18,22-23H2,1-4H3. The molecule has 2 aliphatic rings. The Morgan fingerprint density at radius 1 is 1.06 bits per heavy atom. The molecule has 4 rings (SSSR count). The first kappa shape index (κ1) is 26.3. The molecule has 0 amide bonds. The number of benzene rings is 2. The molecule has 2 atom stereocenters. The maximum absolute atomic E-state index is 5.68. The minimum absolute atomic E-state index is 0.136. The van der Waals surface area contributed by atoms with Crippen LogP contribution in [0.5, 0.6) is 11.5 Å². The molecule has 0 aromatic heterocycles. The van der Waals surface area contributed by atoms with Gasteiger partial charge in [-0.1, -0.05) is 49.8 Å². The van der Waals surface area contributed by atoms with Gasteiger partial charge in [-0.2, -0.15) is 0 Å². The number of ether oxygens (including phenoxy) is 2. The normalized spacial score (nSPS) is 20.5. The van der Waals surface area contributed by atoms with Gasteiger partial charge in [0.25, 0.3) is 0 Å². The second kappa shape index (κ2) is 13.0. The van der Waals surface area contributed by atoms with Crippen LogP contribution in [-0.2, 0) is 13.0 Å². The number of rotatable bonds is 10. The van der Waals surface area contributed by atoms with E-state index in [1.54, 1.807) is 14.2 Å². The third kappa shape index (κ3) is 6.71. The average Bonchev–Trinajstić information content (AvgIpc) is 3.15. The van der Waals surface area contributed by atoms with Crippen molar-refractivity contribution in [3.8, 4) is 11.5 Å². The van der Waals surface area contributed by atoms with E-state index in [9.17, 15) is 0 Å². The molecule has 2 aliphatic heterocycles. The second-order valence-corrected chi connectivity index (χ2v) is 10.1. The van der Waals surface area contributed by atoms with E-state index in [4.69, 9.17) is 9.47 Å². The van der Waals surface area contributed by atoms with Gasteiger partial charge in [0, 0.05) is 19.1 Å². The highest BCUT2D eigenvalue weighted by molar-refractivity contribution is 5.51. The Bertz CT molecular complexity index is 1030. The molecule has 2 heterocycles. The maximum Gasteiger partial charge on any atom is 0.163 e. The topological polar surface area (TPSA) is 37.0 Å². The summed E-state index contributed by atoms with van der Waals surface area (Å²) in [5.74, 6) is 1.66. The third-order valence-electron chi connectivity index (χ3n) is 7.51. The van der Waals surface area contributed by atoms with E-state index in [2.05, 4.69) is 89.9 Å². The van der Waals surface area contributed by atoms with E-state index >= 15 is 0 Å². The summed E-state index contributed by atoms with van der Waals surface area (Å²) in [7, 11) is 5.73. The Morgan fingerprint density at radius 3 is 2.64 bits per heavy atom. The molecule has 5 nitrogen and oxygen atoms in total. The number of likely N-dealkylation sites (tertiary alicyclic amines) is 1. The lowest BCUT2D eigenvalue weighted by molar-refractivity contribution is 0.209. The van der Waals surface area contributed by atoms with Gasteiger partial charge in [0.1, 0.15) is 0 Å². The first-order chi connectivity index (χ1) is 17.6. The van der Waals surface area contributed by atoms with Crippen molar-refractivity contribution in [3.05, 3.63) is 83.1 Å². The van der Waals surface area contributed by atoms with Gasteiger partial charge < -0.3 is 14.8 Å². The summed E-state index contributed by atoms with van der Waals surface area (Å²) in [6.07, 6.45) is 12.5. The van der Waals surface area contributed by atoms with Crippen LogP contribution >= 0.6 is 0 Å². The predicted molar refractivity (Wildman–Crippen MR) is 149 cm³/mol. The second-order valence-electron chi connectivity index (χ2n) is 10.1. The lowest BCUT2D eigenvalue weighted by atomic mass is 9.96. The number of methoxy groups -OCH3 is 2. The van der Waals surface area contributed by atoms with E-state index < -0.39 is 0 Å². The molecule has 0 spiro atoms. The van der Waals surface area contributed by atoms with Gasteiger partial charge >= 0.3 is 0 Å². The van der Waals surface area contributed by atoms with Crippen molar-refractivity contribution in [2.24, 2.45) is 0 Å². The molecule has 5 heteroatoms. The molecule has 0 aliphatic carbocycles. The summed E-state index contributed by atoms with van der Waals surface area (Å²) in [5, 5.41) is 3.54. The van der Waals surface area contributed by atoms with Gasteiger partial charge in [-0.05, 0) is 92.5 Å². The summed E-state index contributed by atoms with van der Waals surface area (Å²) < 4.78 is 11.3. The van der Waals surface area contributed by atoms with Crippen molar-refractivity contribution < 1.29 is 9.47 Å². The lowest BCUT2D eigenvalue weighted by Crippen LogP contribution is -2.33. The van der Waals surface area contributed by atoms with Crippen LogP contribution in [0.1, 0.15) is 55.3 Å². The van der Waals surface area contributed by atoms with Crippen LogP contribution in [0.2, 0.25) is 0 Å². The number of hydrogen-bond donors (Lipinski definition) is 1. The first-order valence-corrected chi connectivity index (χ1v) is 13.5. The van der Waals surface area contributed by atoms with Crippen molar-refractivity contribution in [3.63, 3.8) is 0 Å². The highest BCUT2D eigenvalue weighted by Gasteiger charge is 2.22. The van der Waals surface area contributed by atoms with Gasteiger partial charge in [-0.15, -0.1) is 0 Å². The molecule has 1 N–H and O–H groups in total. The monoisotopic (exact) mass is 489 g/mol. The third-order valence-corrected chi connectivity index (χ3v) is 7.51. The Balaban J connectivity index is 1.39. The highest BCUT2D eigenvalue weighted by atomic mass is 16.5. The van der Waals surface area contributed by atoms with Gasteiger partial charge in [0.2, 0.25) is 0 Å². The Hall–Kier alpha value is -2.76. The number of nitrogens with zero attached hydrogens (tertiary/aromatic N) is 2. The van der Waals surface area contributed by atoms with Crippen molar-refractivity contribution in [1.82, 2.24) is 15.1 Å². The maximum atomic E-state index is 5.68. The Morgan fingerprint density at radius 2 is 1.89 bits per heavy atom. The summed E-state index contributed by atoms with van der Waals surface area (Å²) in [4.78, 5) is 5.18. The Kier molecular flexibility index (Phi) is 9.48. The largest absolute Gasteiger partial charge is 0.493 e. The van der Waals surface area contributed by atoms with Crippen molar-refractivity contribution >= 4 is 0 Å². The van der Waals surface area contributed by atoms with E-state index in [-0.39, 0.29) is 6.04 Å². The molecule has 0 bridgehead atoms. The van der Waals surface area contributed by atoms with Crippen LogP contribution in [0, 0.1) is 0 Å². The minimum Gasteiger partial charge on any atom is -0.493 e. The van der Waals surface area contributed by atoms with E-state index in [1.807, 2.05) is 0 Å². The highest BCUT2D eigenvalue weighted by Crippen LogP contribution is 2.36. The van der Waals surface area contributed by atoms with Gasteiger partial charge in [0.15, 0.2) is 11.5 Å². The zero-order valence-corrected chi connectivity index (χ0v) is 22.5. The van der Waals surface area contributed by atoms with Gasteiger partial charge in [-0.3, -0.25) is 9.80 Å². The molecule has 36 heavy (non-hydrogen) atoms. The molecule has 194 valence electrons. The van der Waals surface area contributed by atoms with Gasteiger partial charge in [0.05, 0.1) is 20.3 Å². The fourth-order valence-corrected chi connectivity index (χ4v) is 5.57. The molecular formula is C31H43N3O2. The average molecular weight is 490 g/mol. The number of dihydropyridines is 1. The molecule has 2 aromatic carbocycles. The summed E-state index contributed by atoms with van der Waals surface area (Å²) in [5.41, 5.74) is 5.20. The van der Waals surface area contributed by atoms with Crippen LogP contribution in [-0.4, -0.2) is 56.7 Å². The summed E-state index contributed by atoms with van der Waals surface area (Å²) >= 11 is 0. The molecule has 0 saturated carbocycles. The summed E-state index contributed by atoms with van der Waals surface area (Å²) in [6.45, 7) is 6.53. The van der Waals surface area contributed by atoms with Gasteiger partial charge in [-0.25, -0.2) is 0 Å². The van der Waals surface area contributed by atoms with Crippen LogP contribution in [0.25, 0.3) is 0 Å². The van der Waals surface area contributed by atoms with Crippen LogP contribution in [0.4, 0.5) is 0 Å². The number of nitrogens with one attached hydrogen (secondary N) is 1. The van der Waals surface area contributed by atoms with E-state index in [1.165, 1.54) is 41.5 Å². The molecule has 1 saturated heterocycles. The first-order valence-electron chi connectivity index (χ1n) is 13.5. The number of aryl methyl sites for hydroxylation is 1. The fraction of sp³-hybridized carbons (Fsp3) is 0.484. The van der Waals surface area contributed by atoms with Crippen LogP contribution < -0.4 is 14.8 Å². The molecular weight excluding hydrogens is 446 g/mol. The number of hydrogen-bond acceptors (Lipinski definition) is 5. The van der Waals surface area contributed by atoms with Crippen molar-refractivity contribution in [2.75, 3.05) is 40.9 Å². The SMILES string of the molecule is CCCc1cc(C2C=C(CN3CCCC(N(C)Cc4ccccc4)CC3)C=CN2)cc(OC)c1OC. The van der Waals surface area contributed by atoms with Crippen LogP contribution in [0.15, 0.2) is 66.4 Å². The van der Waals surface area contributed by atoms with Crippen LogP contribution in [0.3, 0.4) is 0 Å². The fourth-order valence-electron chi connectivity index (χ4n) is 5.57. The molecule has 1 fully saturated rings. The smallest absolute Gasteiger partial charge is 0.163 e. The van der Waals surface area contributed by atoms with E-state index in [0.717, 1.165) is 50.5 Å². The predicted octanol–water partition coefficient (Wildman–Crippen LogP) is 5.73. The van der Waals surface area contributed by atoms with Crippen molar-refractivity contribution in [1.29, 1.82) is 0 Å². The Labute approximate surface area is 217 Å².